The second kappa shape index (κ2) is 12.9. The first-order chi connectivity index (χ1) is 17.4. The molecule has 2 aromatic carbocycles. The van der Waals surface area contributed by atoms with E-state index in [1.165, 1.54) is 17.8 Å². The number of allylic oxidation sites excluding steroid dienone is 2. The van der Waals surface area contributed by atoms with E-state index in [0.717, 1.165) is 31.5 Å². The fraction of sp³-hybridized carbons (Fsp3) is 0.483. The number of hydrogen-bond acceptors (Lipinski definition) is 5. The lowest BCUT2D eigenvalue weighted by Gasteiger charge is -2.35. The summed E-state index contributed by atoms with van der Waals surface area (Å²) in [5.41, 5.74) is 3.46. The van der Waals surface area contributed by atoms with Crippen LogP contribution in [0.5, 0.6) is 0 Å². The van der Waals surface area contributed by atoms with E-state index in [-0.39, 0.29) is 23.8 Å². The topological polar surface area (TPSA) is 76.1 Å². The SMILES string of the molecule is CP(=O)(O)CC/C=C/CCC1C(OCc2ccc(-c3ccccc3)cc2)CC(=O)C1N1CCOCC1. The Labute approximate surface area is 214 Å². The maximum Gasteiger partial charge on any atom is 0.197 e. The monoisotopic (exact) mass is 511 g/mol. The number of morpholine rings is 1. The fourth-order valence-electron chi connectivity index (χ4n) is 5.23. The Bertz CT molecular complexity index is 1040. The summed E-state index contributed by atoms with van der Waals surface area (Å²) in [6.07, 6.45) is 6.97. The van der Waals surface area contributed by atoms with Crippen molar-refractivity contribution < 1.29 is 23.7 Å². The van der Waals surface area contributed by atoms with Crippen LogP contribution in [-0.4, -0.2) is 66.9 Å². The number of hydrogen-bond donors (Lipinski definition) is 1. The van der Waals surface area contributed by atoms with Gasteiger partial charge >= 0.3 is 0 Å². The standard InChI is InChI=1S/C29H38NO5P/c1-36(32,33)20-8-3-2-7-11-26-28(21-27(31)29(26)30-16-18-34-19-17-30)35-22-23-12-14-25(15-13-23)24-9-5-4-6-10-24/h2-6,9-10,12-15,26,28-29H,7-8,11,16-22H2,1H3,(H,32,33)/b3-2+. The third kappa shape index (κ3) is 7.71. The molecule has 0 bridgehead atoms. The first kappa shape index (κ1) is 27.0. The molecule has 1 saturated heterocycles. The van der Waals surface area contributed by atoms with Crippen molar-refractivity contribution in [1.29, 1.82) is 0 Å². The zero-order valence-corrected chi connectivity index (χ0v) is 22.0. The van der Waals surface area contributed by atoms with Gasteiger partial charge in [-0.05, 0) is 36.0 Å². The first-order valence-electron chi connectivity index (χ1n) is 13.0. The summed E-state index contributed by atoms with van der Waals surface area (Å²) < 4.78 is 23.4. The highest BCUT2D eigenvalue weighted by Crippen LogP contribution is 2.36. The molecule has 36 heavy (non-hydrogen) atoms. The number of ether oxygens (including phenoxy) is 2. The van der Waals surface area contributed by atoms with Crippen LogP contribution >= 0.6 is 7.37 Å². The highest BCUT2D eigenvalue weighted by molar-refractivity contribution is 7.57. The number of rotatable bonds is 11. The molecule has 1 aliphatic carbocycles. The molecule has 0 spiro atoms. The molecule has 4 unspecified atom stereocenters. The van der Waals surface area contributed by atoms with Gasteiger partial charge in [-0.25, -0.2) is 0 Å². The van der Waals surface area contributed by atoms with Gasteiger partial charge in [0.15, 0.2) is 13.2 Å². The normalized spacial score (nSPS) is 24.8. The smallest absolute Gasteiger partial charge is 0.197 e. The third-order valence-corrected chi connectivity index (χ3v) is 8.21. The molecule has 1 N–H and O–H groups in total. The van der Waals surface area contributed by atoms with E-state index in [2.05, 4.69) is 47.4 Å². The Morgan fingerprint density at radius 1 is 1.03 bits per heavy atom. The number of carbonyl (C=O) groups excluding carboxylic acids is 1. The van der Waals surface area contributed by atoms with E-state index >= 15 is 0 Å². The van der Waals surface area contributed by atoms with Crippen molar-refractivity contribution in [2.24, 2.45) is 5.92 Å². The lowest BCUT2D eigenvalue weighted by atomic mass is 9.93. The predicted octanol–water partition coefficient (Wildman–Crippen LogP) is 5.16. The molecular weight excluding hydrogens is 473 g/mol. The van der Waals surface area contributed by atoms with Crippen LogP contribution in [0.3, 0.4) is 0 Å². The summed E-state index contributed by atoms with van der Waals surface area (Å²) in [5, 5.41) is 0. The summed E-state index contributed by atoms with van der Waals surface area (Å²) in [5.74, 6) is 0.390. The van der Waals surface area contributed by atoms with Crippen molar-refractivity contribution in [3.8, 4) is 11.1 Å². The van der Waals surface area contributed by atoms with E-state index in [4.69, 9.17) is 9.47 Å². The van der Waals surface area contributed by atoms with Crippen molar-refractivity contribution in [3.63, 3.8) is 0 Å². The Hall–Kier alpha value is -2.08. The van der Waals surface area contributed by atoms with E-state index in [1.807, 2.05) is 24.3 Å². The average Bonchev–Trinajstić information content (AvgIpc) is 3.20. The zero-order chi connectivity index (χ0) is 25.4. The van der Waals surface area contributed by atoms with Crippen molar-refractivity contribution in [1.82, 2.24) is 4.90 Å². The maximum absolute atomic E-state index is 13.1. The minimum atomic E-state index is -2.98. The molecule has 2 aromatic rings. The van der Waals surface area contributed by atoms with E-state index in [1.54, 1.807) is 0 Å². The number of ketones is 1. The number of carbonyl (C=O) groups is 1. The Balaban J connectivity index is 1.38. The first-order valence-corrected chi connectivity index (χ1v) is 15.2. The van der Waals surface area contributed by atoms with Crippen LogP contribution in [0.4, 0.5) is 0 Å². The largest absolute Gasteiger partial charge is 0.379 e. The van der Waals surface area contributed by atoms with Crippen LogP contribution < -0.4 is 0 Å². The van der Waals surface area contributed by atoms with Crippen LogP contribution in [-0.2, 0) is 25.4 Å². The van der Waals surface area contributed by atoms with Crippen molar-refractivity contribution in [2.75, 3.05) is 39.1 Å². The van der Waals surface area contributed by atoms with Crippen LogP contribution in [0.2, 0.25) is 0 Å². The quantitative estimate of drug-likeness (QED) is 0.332. The minimum absolute atomic E-state index is 0.110. The molecule has 6 nitrogen and oxygen atoms in total. The van der Waals surface area contributed by atoms with Gasteiger partial charge in [0, 0.05) is 38.3 Å². The highest BCUT2D eigenvalue weighted by Gasteiger charge is 2.45. The number of Topliss-reactive ketones (excluding diaryl/α,β-unsaturated/α-hetero) is 1. The lowest BCUT2D eigenvalue weighted by Crippen LogP contribution is -2.49. The molecule has 2 fully saturated rings. The third-order valence-electron chi connectivity index (χ3n) is 7.12. The van der Waals surface area contributed by atoms with Crippen LogP contribution in [0, 0.1) is 5.92 Å². The van der Waals surface area contributed by atoms with E-state index in [0.29, 0.717) is 38.8 Å². The summed E-state index contributed by atoms with van der Waals surface area (Å²) in [6.45, 7) is 4.76. The molecular formula is C29H38NO5P. The summed E-state index contributed by atoms with van der Waals surface area (Å²) in [7, 11) is -2.98. The molecule has 1 saturated carbocycles. The Morgan fingerprint density at radius 3 is 2.39 bits per heavy atom. The Morgan fingerprint density at radius 2 is 1.69 bits per heavy atom. The summed E-state index contributed by atoms with van der Waals surface area (Å²) in [6, 6.07) is 18.6. The number of benzene rings is 2. The summed E-state index contributed by atoms with van der Waals surface area (Å²) >= 11 is 0. The van der Waals surface area contributed by atoms with Crippen LogP contribution in [0.25, 0.3) is 11.1 Å². The molecule has 1 aliphatic heterocycles. The van der Waals surface area contributed by atoms with Gasteiger partial charge in [-0.2, -0.15) is 0 Å². The maximum atomic E-state index is 13.1. The molecule has 1 heterocycles. The van der Waals surface area contributed by atoms with Gasteiger partial charge in [0.1, 0.15) is 0 Å². The fourth-order valence-corrected chi connectivity index (χ4v) is 5.86. The molecule has 4 atom stereocenters. The van der Waals surface area contributed by atoms with E-state index in [9.17, 15) is 14.3 Å². The van der Waals surface area contributed by atoms with Crippen LogP contribution in [0.15, 0.2) is 66.7 Å². The van der Waals surface area contributed by atoms with Gasteiger partial charge in [0.05, 0.1) is 32.0 Å². The van der Waals surface area contributed by atoms with Gasteiger partial charge in [0.2, 0.25) is 0 Å². The highest BCUT2D eigenvalue weighted by atomic mass is 31.2. The predicted molar refractivity (Wildman–Crippen MR) is 143 cm³/mol. The van der Waals surface area contributed by atoms with Crippen molar-refractivity contribution in [3.05, 3.63) is 72.3 Å². The molecule has 7 heteroatoms. The van der Waals surface area contributed by atoms with Crippen molar-refractivity contribution in [2.45, 2.75) is 44.4 Å². The zero-order valence-electron chi connectivity index (χ0n) is 21.1. The van der Waals surface area contributed by atoms with E-state index < -0.39 is 7.37 Å². The molecule has 0 amide bonds. The van der Waals surface area contributed by atoms with Crippen molar-refractivity contribution >= 4 is 13.2 Å². The summed E-state index contributed by atoms with van der Waals surface area (Å²) in [4.78, 5) is 24.9. The molecule has 2 aliphatic rings. The van der Waals surface area contributed by atoms with Gasteiger partial charge in [-0.15, -0.1) is 0 Å². The second-order valence-corrected chi connectivity index (χ2v) is 12.5. The minimum Gasteiger partial charge on any atom is -0.379 e. The number of nitrogens with zero attached hydrogens (tertiary/aromatic N) is 1. The van der Waals surface area contributed by atoms with Gasteiger partial charge in [0.25, 0.3) is 0 Å². The molecule has 0 radical (unpaired) electrons. The van der Waals surface area contributed by atoms with Crippen LogP contribution in [0.1, 0.15) is 31.2 Å². The Kier molecular flexibility index (Phi) is 9.69. The second-order valence-electron chi connectivity index (χ2n) is 9.95. The molecule has 0 aromatic heterocycles. The molecule has 194 valence electrons. The van der Waals surface area contributed by atoms with Gasteiger partial charge < -0.3 is 14.4 Å². The average molecular weight is 512 g/mol. The lowest BCUT2D eigenvalue weighted by molar-refractivity contribution is -0.124. The van der Waals surface area contributed by atoms with Gasteiger partial charge in [-0.1, -0.05) is 66.7 Å². The molecule has 4 rings (SSSR count). The van der Waals surface area contributed by atoms with Gasteiger partial charge in [-0.3, -0.25) is 14.3 Å².